The number of carbonyl (C=O) groups excluding carboxylic acids is 1. The summed E-state index contributed by atoms with van der Waals surface area (Å²) < 4.78 is 0. The van der Waals surface area contributed by atoms with Crippen LogP contribution in [0, 0.1) is 0 Å². The standard InChI is InChI=1S/C16H33NOS/c1-2-3-4-5-6-7-8-9-10-11-12-13-14-15(19)16(17)18/h15,19H,2-14H2,1H3,(H2,17,18). The molecule has 0 saturated carbocycles. The molecule has 19 heavy (non-hydrogen) atoms. The van der Waals surface area contributed by atoms with E-state index in [2.05, 4.69) is 19.6 Å². The summed E-state index contributed by atoms with van der Waals surface area (Å²) in [5, 5.41) is -0.247. The quantitative estimate of drug-likeness (QED) is 0.348. The Balaban J connectivity index is 3.05. The fourth-order valence-corrected chi connectivity index (χ4v) is 2.50. The molecule has 0 aromatic rings. The van der Waals surface area contributed by atoms with Gasteiger partial charge >= 0.3 is 0 Å². The first-order chi connectivity index (χ1) is 9.18. The molecule has 0 spiro atoms. The third kappa shape index (κ3) is 14.0. The molecule has 0 fully saturated rings. The minimum absolute atomic E-state index is 0.247. The van der Waals surface area contributed by atoms with Crippen LogP contribution in [0.3, 0.4) is 0 Å². The Hall–Kier alpha value is -0.180. The lowest BCUT2D eigenvalue weighted by molar-refractivity contribution is -0.117. The van der Waals surface area contributed by atoms with Gasteiger partial charge in [0.15, 0.2) is 0 Å². The van der Waals surface area contributed by atoms with Crippen LogP contribution in [0.15, 0.2) is 0 Å². The van der Waals surface area contributed by atoms with E-state index >= 15 is 0 Å². The van der Waals surface area contributed by atoms with Gasteiger partial charge in [0.1, 0.15) is 0 Å². The second-order valence-corrected chi connectivity index (χ2v) is 6.22. The molecule has 0 aliphatic heterocycles. The number of primary amides is 1. The Bertz CT molecular complexity index is 209. The first-order valence-corrected chi connectivity index (χ1v) is 8.67. The Morgan fingerprint density at radius 1 is 0.842 bits per heavy atom. The van der Waals surface area contributed by atoms with E-state index in [1.807, 2.05) is 0 Å². The molecule has 0 aliphatic carbocycles. The van der Waals surface area contributed by atoms with Gasteiger partial charge < -0.3 is 5.73 Å². The van der Waals surface area contributed by atoms with Gasteiger partial charge in [0.2, 0.25) is 5.91 Å². The molecule has 2 N–H and O–H groups in total. The zero-order valence-electron chi connectivity index (χ0n) is 12.7. The van der Waals surface area contributed by atoms with E-state index in [0.717, 1.165) is 12.8 Å². The highest BCUT2D eigenvalue weighted by Gasteiger charge is 2.07. The van der Waals surface area contributed by atoms with Gasteiger partial charge in [-0.25, -0.2) is 0 Å². The molecular weight excluding hydrogens is 254 g/mol. The van der Waals surface area contributed by atoms with Gasteiger partial charge in [0.25, 0.3) is 0 Å². The topological polar surface area (TPSA) is 43.1 Å². The fraction of sp³-hybridized carbons (Fsp3) is 0.938. The maximum absolute atomic E-state index is 10.8. The first-order valence-electron chi connectivity index (χ1n) is 8.16. The van der Waals surface area contributed by atoms with Crippen LogP contribution in [-0.2, 0) is 4.79 Å². The summed E-state index contributed by atoms with van der Waals surface area (Å²) in [6.07, 6.45) is 16.9. The lowest BCUT2D eigenvalue weighted by atomic mass is 10.0. The molecule has 3 heteroatoms. The van der Waals surface area contributed by atoms with E-state index in [1.54, 1.807) is 0 Å². The average Bonchev–Trinajstić information content (AvgIpc) is 2.39. The molecule has 0 rings (SSSR count). The van der Waals surface area contributed by atoms with Crippen LogP contribution in [0.2, 0.25) is 0 Å². The summed E-state index contributed by atoms with van der Waals surface area (Å²) in [4.78, 5) is 10.8. The van der Waals surface area contributed by atoms with Crippen molar-refractivity contribution in [2.45, 2.75) is 95.6 Å². The zero-order chi connectivity index (χ0) is 14.3. The molecule has 0 aromatic carbocycles. The number of unbranched alkanes of at least 4 members (excludes halogenated alkanes) is 11. The molecule has 0 radical (unpaired) electrons. The minimum Gasteiger partial charge on any atom is -0.369 e. The van der Waals surface area contributed by atoms with Crippen LogP contribution in [0.1, 0.15) is 90.4 Å². The molecule has 1 unspecified atom stereocenters. The van der Waals surface area contributed by atoms with Gasteiger partial charge in [-0.1, -0.05) is 84.0 Å². The minimum atomic E-state index is -0.286. The molecule has 114 valence electrons. The van der Waals surface area contributed by atoms with E-state index in [1.165, 1.54) is 70.6 Å². The van der Waals surface area contributed by atoms with Crippen molar-refractivity contribution in [3.8, 4) is 0 Å². The predicted molar refractivity (Wildman–Crippen MR) is 87.7 cm³/mol. The van der Waals surface area contributed by atoms with Gasteiger partial charge in [-0.2, -0.15) is 12.6 Å². The smallest absolute Gasteiger partial charge is 0.230 e. The fourth-order valence-electron chi connectivity index (χ4n) is 2.32. The van der Waals surface area contributed by atoms with Crippen LogP contribution in [0.25, 0.3) is 0 Å². The summed E-state index contributed by atoms with van der Waals surface area (Å²) >= 11 is 4.16. The molecule has 1 atom stereocenters. The monoisotopic (exact) mass is 287 g/mol. The number of hydrogen-bond donors (Lipinski definition) is 2. The van der Waals surface area contributed by atoms with Crippen molar-refractivity contribution >= 4 is 18.5 Å². The maximum atomic E-state index is 10.8. The van der Waals surface area contributed by atoms with Crippen molar-refractivity contribution in [1.82, 2.24) is 0 Å². The summed E-state index contributed by atoms with van der Waals surface area (Å²) in [5.41, 5.74) is 5.16. The number of rotatable bonds is 14. The van der Waals surface area contributed by atoms with E-state index in [0.29, 0.717) is 0 Å². The zero-order valence-corrected chi connectivity index (χ0v) is 13.6. The lowest BCUT2D eigenvalue weighted by Crippen LogP contribution is -2.23. The number of amides is 1. The van der Waals surface area contributed by atoms with E-state index in [-0.39, 0.29) is 11.2 Å². The Morgan fingerprint density at radius 2 is 1.21 bits per heavy atom. The SMILES string of the molecule is CCCCCCCCCCCCCCC(S)C(N)=O. The van der Waals surface area contributed by atoms with Crippen molar-refractivity contribution in [3.05, 3.63) is 0 Å². The largest absolute Gasteiger partial charge is 0.369 e. The Labute approximate surface area is 125 Å². The molecule has 1 amide bonds. The summed E-state index contributed by atoms with van der Waals surface area (Å²) in [6, 6.07) is 0. The van der Waals surface area contributed by atoms with Gasteiger partial charge in [0, 0.05) is 0 Å². The molecule has 0 aromatic heterocycles. The molecule has 0 bridgehead atoms. The molecular formula is C16H33NOS. The van der Waals surface area contributed by atoms with Gasteiger partial charge in [-0.15, -0.1) is 0 Å². The highest BCUT2D eigenvalue weighted by molar-refractivity contribution is 7.81. The van der Waals surface area contributed by atoms with Crippen molar-refractivity contribution in [1.29, 1.82) is 0 Å². The number of nitrogens with two attached hydrogens (primary N) is 1. The van der Waals surface area contributed by atoms with Crippen molar-refractivity contribution in [2.75, 3.05) is 0 Å². The van der Waals surface area contributed by atoms with Gasteiger partial charge in [-0.3, -0.25) is 4.79 Å². The third-order valence-electron chi connectivity index (χ3n) is 3.66. The van der Waals surface area contributed by atoms with Crippen molar-refractivity contribution in [2.24, 2.45) is 5.73 Å². The second-order valence-electron chi connectivity index (χ2n) is 5.60. The number of carbonyl (C=O) groups is 1. The molecule has 0 aliphatic rings. The molecule has 2 nitrogen and oxygen atoms in total. The van der Waals surface area contributed by atoms with Crippen LogP contribution in [0.5, 0.6) is 0 Å². The average molecular weight is 288 g/mol. The predicted octanol–water partition coefficient (Wildman–Crippen LogP) is 4.86. The van der Waals surface area contributed by atoms with E-state index in [9.17, 15) is 4.79 Å². The lowest BCUT2D eigenvalue weighted by Gasteiger charge is -2.06. The van der Waals surface area contributed by atoms with E-state index in [4.69, 9.17) is 5.73 Å². The Morgan fingerprint density at radius 3 is 1.58 bits per heavy atom. The van der Waals surface area contributed by atoms with Gasteiger partial charge in [-0.05, 0) is 6.42 Å². The van der Waals surface area contributed by atoms with Gasteiger partial charge in [0.05, 0.1) is 5.25 Å². The van der Waals surface area contributed by atoms with E-state index < -0.39 is 0 Å². The Kier molecular flexibility index (Phi) is 14.1. The summed E-state index contributed by atoms with van der Waals surface area (Å²) in [5.74, 6) is -0.286. The maximum Gasteiger partial charge on any atom is 0.230 e. The van der Waals surface area contributed by atoms with Crippen LogP contribution in [0.4, 0.5) is 0 Å². The highest BCUT2D eigenvalue weighted by Crippen LogP contribution is 2.13. The summed E-state index contributed by atoms with van der Waals surface area (Å²) in [7, 11) is 0. The van der Waals surface area contributed by atoms with Crippen LogP contribution >= 0.6 is 12.6 Å². The number of thiol groups is 1. The van der Waals surface area contributed by atoms with Crippen molar-refractivity contribution < 1.29 is 4.79 Å². The molecule has 0 saturated heterocycles. The van der Waals surface area contributed by atoms with Crippen molar-refractivity contribution in [3.63, 3.8) is 0 Å². The number of hydrogen-bond acceptors (Lipinski definition) is 2. The van der Waals surface area contributed by atoms with Crippen LogP contribution in [-0.4, -0.2) is 11.2 Å². The second kappa shape index (κ2) is 14.2. The highest BCUT2D eigenvalue weighted by atomic mass is 32.1. The summed E-state index contributed by atoms with van der Waals surface area (Å²) in [6.45, 7) is 2.26. The van der Waals surface area contributed by atoms with Crippen LogP contribution < -0.4 is 5.73 Å². The molecule has 0 heterocycles. The first kappa shape index (κ1) is 18.8. The third-order valence-corrected chi connectivity index (χ3v) is 4.17. The normalized spacial score (nSPS) is 12.5.